The standard InChI is InChI=1S/C71H102F6N6O10/c1-44(2)11-10-13-46(4)57-17-18-58-55-16-15-49-40-52(21-27-68(49,5)59(55)22-28-69(57,58)6)93-64(87)41-60(65(78)88)80-62(85)26-33-91-35-36-92-34-29-79-61(84)19-20-63(86)82-30-23-48(24-31-82)66(89)83-32-25-54(56(43-83)53-14-9-8-12-45(53)3)67(90)81(7)42-47-37-50(70(72,73)74)39-51(38-47)71(75,76)77/h8-9,12,14,37-39,44,46,48-49,52,54-60H,10-11,13,15-36,40-43H2,1-7H3,(H2,78,88)(H,79,84)(H,80,85)/t46-,49+,52+,54+,55+,56-,57-,58+,59+,60+,68+,69-/m1/s1. The van der Waals surface area contributed by atoms with Crippen molar-refractivity contribution in [3.8, 4) is 0 Å². The Morgan fingerprint density at radius 2 is 1.39 bits per heavy atom. The van der Waals surface area contributed by atoms with Crippen molar-refractivity contribution in [3.63, 3.8) is 0 Å². The van der Waals surface area contributed by atoms with Crippen molar-refractivity contribution in [1.29, 1.82) is 0 Å². The van der Waals surface area contributed by atoms with Crippen molar-refractivity contribution >= 4 is 41.4 Å². The Morgan fingerprint density at radius 3 is 2.05 bits per heavy atom. The topological polar surface area (TPSA) is 207 Å². The van der Waals surface area contributed by atoms with Crippen LogP contribution in [0.3, 0.4) is 0 Å². The molecule has 4 N–H and O–H groups in total. The Morgan fingerprint density at radius 1 is 0.731 bits per heavy atom. The molecule has 518 valence electrons. The highest BCUT2D eigenvalue weighted by molar-refractivity contribution is 5.90. The van der Waals surface area contributed by atoms with Gasteiger partial charge in [0.2, 0.25) is 35.4 Å². The first kappa shape index (κ1) is 73.0. The molecule has 22 heteroatoms. The average Bonchev–Trinajstić information content (AvgIpc) is 1.52. The number of carbonyl (C=O) groups excluding carboxylic acids is 7. The van der Waals surface area contributed by atoms with Gasteiger partial charge in [-0.2, -0.15) is 26.3 Å². The molecule has 0 radical (unpaired) electrons. The Balaban J connectivity index is 0.669. The maximum absolute atomic E-state index is 14.1. The summed E-state index contributed by atoms with van der Waals surface area (Å²) in [7, 11) is 1.34. The lowest BCUT2D eigenvalue weighted by molar-refractivity contribution is -0.164. The number of benzene rings is 2. The molecule has 2 aromatic carbocycles. The van der Waals surface area contributed by atoms with Gasteiger partial charge in [0, 0.05) is 83.3 Å². The number of hydrogen-bond acceptors (Lipinski definition) is 10. The van der Waals surface area contributed by atoms with E-state index in [9.17, 15) is 59.9 Å². The van der Waals surface area contributed by atoms with E-state index in [2.05, 4.69) is 45.3 Å². The smallest absolute Gasteiger partial charge is 0.416 e. The number of piperidine rings is 2. The summed E-state index contributed by atoms with van der Waals surface area (Å²) in [5, 5.41) is 5.30. The number of fused-ring (bicyclic) bond motifs is 5. The van der Waals surface area contributed by atoms with Crippen LogP contribution in [0.4, 0.5) is 26.3 Å². The molecule has 2 aromatic rings. The molecule has 2 heterocycles. The number of alkyl halides is 6. The van der Waals surface area contributed by atoms with Crippen LogP contribution >= 0.6 is 0 Å². The van der Waals surface area contributed by atoms with E-state index in [1.807, 2.05) is 25.1 Å². The summed E-state index contributed by atoms with van der Waals surface area (Å²) in [4.78, 5) is 97.0. The lowest BCUT2D eigenvalue weighted by Crippen LogP contribution is -2.54. The second kappa shape index (κ2) is 31.9. The molecular weight excluding hydrogens is 1210 g/mol. The van der Waals surface area contributed by atoms with Gasteiger partial charge in [0.05, 0.1) is 44.0 Å². The lowest BCUT2D eigenvalue weighted by Gasteiger charge is -2.61. The van der Waals surface area contributed by atoms with Crippen LogP contribution in [0.5, 0.6) is 0 Å². The molecule has 0 spiro atoms. The molecule has 2 aliphatic heterocycles. The number of halogens is 6. The molecule has 0 aromatic heterocycles. The van der Waals surface area contributed by atoms with Crippen LogP contribution in [0.15, 0.2) is 42.5 Å². The summed E-state index contributed by atoms with van der Waals surface area (Å²) in [5.74, 6) is 0.404. The van der Waals surface area contributed by atoms with Crippen molar-refractivity contribution < 1.29 is 74.1 Å². The van der Waals surface area contributed by atoms with Crippen LogP contribution < -0.4 is 16.4 Å². The van der Waals surface area contributed by atoms with E-state index in [4.69, 9.17) is 19.9 Å². The van der Waals surface area contributed by atoms with Crippen molar-refractivity contribution in [2.45, 2.75) is 200 Å². The van der Waals surface area contributed by atoms with Gasteiger partial charge in [-0.05, 0) is 171 Å². The number of ether oxygens (including phenoxy) is 3. The molecule has 6 aliphatic rings. The van der Waals surface area contributed by atoms with Crippen molar-refractivity contribution in [2.24, 2.45) is 69.8 Å². The van der Waals surface area contributed by atoms with Crippen LogP contribution in [0.2, 0.25) is 0 Å². The number of amides is 6. The van der Waals surface area contributed by atoms with Gasteiger partial charge >= 0.3 is 18.3 Å². The number of rotatable bonds is 27. The molecule has 93 heavy (non-hydrogen) atoms. The number of likely N-dealkylation sites (tertiary alicyclic amines) is 2. The van der Waals surface area contributed by atoms with Crippen LogP contribution in [0.25, 0.3) is 0 Å². The van der Waals surface area contributed by atoms with Gasteiger partial charge in [-0.1, -0.05) is 78.1 Å². The maximum atomic E-state index is 14.1. The van der Waals surface area contributed by atoms with E-state index >= 15 is 0 Å². The SMILES string of the molecule is Cc1ccccc1[C@H]1CN(C(=O)C2CCN(C(=O)CCC(=O)NCCOCCOCCC(=O)N[C@@H](CC(=O)O[C@H]3CC[C@@]4(C)[C@@H](CC[C@@H]5[C@@H]4CC[C@]4(C)[C@@H]([C@H](C)CCCC(C)C)CC[C@@H]54)C3)C(N)=O)CC2)CC[C@@H]1C(=O)N(C)Cc1cc(C(F)(F)F)cc(C(F)(F)F)c1. The largest absolute Gasteiger partial charge is 0.462 e. The molecule has 6 fully saturated rings. The third-order valence-electron chi connectivity index (χ3n) is 22.6. The number of nitrogens with zero attached hydrogens (tertiary/aromatic N) is 3. The molecular formula is C71H102F6N6O10. The van der Waals surface area contributed by atoms with E-state index in [1.165, 1.54) is 58.4 Å². The van der Waals surface area contributed by atoms with Gasteiger partial charge in [0.1, 0.15) is 12.1 Å². The number of hydrogen-bond donors (Lipinski definition) is 3. The minimum absolute atomic E-state index is 0.0220. The summed E-state index contributed by atoms with van der Waals surface area (Å²) < 4.78 is 99.0. The molecule has 8 rings (SSSR count). The summed E-state index contributed by atoms with van der Waals surface area (Å²) in [6, 6.07) is 7.41. The first-order valence-corrected chi connectivity index (χ1v) is 34.3. The van der Waals surface area contributed by atoms with E-state index in [1.54, 1.807) is 15.9 Å². The van der Waals surface area contributed by atoms with Crippen molar-refractivity contribution in [3.05, 3.63) is 70.3 Å². The number of primary amides is 1. The number of carbonyl (C=O) groups is 7. The number of esters is 1. The summed E-state index contributed by atoms with van der Waals surface area (Å²) >= 11 is 0. The third-order valence-corrected chi connectivity index (χ3v) is 22.6. The Kier molecular flexibility index (Phi) is 25.0. The Bertz CT molecular complexity index is 2890. The highest BCUT2D eigenvalue weighted by Gasteiger charge is 2.61. The molecule has 4 saturated carbocycles. The Labute approximate surface area is 545 Å². The zero-order chi connectivity index (χ0) is 67.6. The summed E-state index contributed by atoms with van der Waals surface area (Å²) in [6.07, 6.45) is 4.50. The second-order valence-electron chi connectivity index (χ2n) is 29.0. The molecule has 4 aliphatic carbocycles. The number of aryl methyl sites for hydroxylation is 1. The molecule has 0 bridgehead atoms. The fraction of sp³-hybridized carbons (Fsp3) is 0.732. The van der Waals surface area contributed by atoms with Crippen LogP contribution in [0, 0.1) is 71.0 Å². The van der Waals surface area contributed by atoms with Gasteiger partial charge in [-0.15, -0.1) is 0 Å². The van der Waals surface area contributed by atoms with Crippen molar-refractivity contribution in [2.75, 3.05) is 66.2 Å². The maximum Gasteiger partial charge on any atom is 0.416 e. The molecule has 12 atom stereocenters. The fourth-order valence-corrected chi connectivity index (χ4v) is 17.6. The highest BCUT2D eigenvalue weighted by atomic mass is 19.4. The highest BCUT2D eigenvalue weighted by Crippen LogP contribution is 2.68. The number of nitrogens with one attached hydrogen (secondary N) is 2. The monoisotopic (exact) mass is 1310 g/mol. The minimum atomic E-state index is -5.04. The zero-order valence-corrected chi connectivity index (χ0v) is 55.7. The van der Waals surface area contributed by atoms with Crippen molar-refractivity contribution in [1.82, 2.24) is 25.3 Å². The summed E-state index contributed by atoms with van der Waals surface area (Å²) in [5.41, 5.74) is 4.70. The Hall–Kier alpha value is -5.77. The van der Waals surface area contributed by atoms with Gasteiger partial charge in [0.15, 0.2) is 0 Å². The molecule has 2 saturated heterocycles. The predicted octanol–water partition coefficient (Wildman–Crippen LogP) is 11.6. The summed E-state index contributed by atoms with van der Waals surface area (Å²) in [6.45, 7) is 15.3. The lowest BCUT2D eigenvalue weighted by atomic mass is 9.44. The first-order valence-electron chi connectivity index (χ1n) is 34.3. The normalized spacial score (nSPS) is 27.3. The van der Waals surface area contributed by atoms with E-state index in [0.29, 0.717) is 55.3 Å². The van der Waals surface area contributed by atoms with Crippen LogP contribution in [0.1, 0.15) is 190 Å². The molecule has 16 nitrogen and oxygen atoms in total. The fourth-order valence-electron chi connectivity index (χ4n) is 17.6. The van der Waals surface area contributed by atoms with Crippen LogP contribution in [-0.2, 0) is 66.7 Å². The van der Waals surface area contributed by atoms with Gasteiger partial charge in [0.25, 0.3) is 0 Å². The molecule has 6 amide bonds. The first-order chi connectivity index (χ1) is 44.0. The average molecular weight is 1310 g/mol. The minimum Gasteiger partial charge on any atom is -0.462 e. The van der Waals surface area contributed by atoms with Crippen LogP contribution in [-0.4, -0.2) is 134 Å². The second-order valence-corrected chi connectivity index (χ2v) is 29.0. The zero-order valence-electron chi connectivity index (χ0n) is 55.7. The quantitative estimate of drug-likeness (QED) is 0.0438. The van der Waals surface area contributed by atoms with E-state index in [0.717, 1.165) is 71.3 Å². The predicted molar refractivity (Wildman–Crippen MR) is 338 cm³/mol. The van der Waals surface area contributed by atoms with E-state index < -0.39 is 77.5 Å². The van der Waals surface area contributed by atoms with Gasteiger partial charge < -0.3 is 45.3 Å². The van der Waals surface area contributed by atoms with E-state index in [-0.39, 0.29) is 119 Å². The molecule has 0 unspecified atom stereocenters. The van der Waals surface area contributed by atoms with Gasteiger partial charge in [-0.25, -0.2) is 0 Å². The van der Waals surface area contributed by atoms with Gasteiger partial charge in [-0.3, -0.25) is 33.6 Å². The number of nitrogens with two attached hydrogens (primary N) is 1. The third kappa shape index (κ3) is 18.6.